The molecule has 2 aromatic rings. The third kappa shape index (κ3) is 4.95. The Balaban J connectivity index is 1.47. The van der Waals surface area contributed by atoms with Crippen LogP contribution in [0.3, 0.4) is 0 Å². The van der Waals surface area contributed by atoms with Crippen LogP contribution in [0.15, 0.2) is 30.5 Å². The average molecular weight is 343 g/mol. The smallest absolute Gasteiger partial charge is 0.244 e. The van der Waals surface area contributed by atoms with Gasteiger partial charge in [-0.2, -0.15) is 10.1 Å². The first kappa shape index (κ1) is 17.3. The fraction of sp³-hybridized carbons (Fsp3) is 0.500. The van der Waals surface area contributed by atoms with E-state index in [1.54, 1.807) is 13.3 Å². The van der Waals surface area contributed by atoms with Gasteiger partial charge in [0.15, 0.2) is 5.82 Å². The Morgan fingerprint density at radius 3 is 2.80 bits per heavy atom. The van der Waals surface area contributed by atoms with Crippen LogP contribution in [-0.4, -0.2) is 48.5 Å². The van der Waals surface area contributed by atoms with Gasteiger partial charge in [-0.3, -0.25) is 0 Å². The summed E-state index contributed by atoms with van der Waals surface area (Å²) in [6.07, 6.45) is 4.21. The van der Waals surface area contributed by atoms with Gasteiger partial charge in [-0.25, -0.2) is 0 Å². The Bertz CT molecular complexity index is 665. The standard InChI is InChI=1S/C18H25N5O2/c1-14-4-3-10-23(13-14)17-12-20-22-18(21-17)19-9-11-25-16-7-5-15(24-2)6-8-16/h5-8,12,14H,3-4,9-11,13H2,1-2H3,(H,19,21,22). The van der Waals surface area contributed by atoms with Crippen molar-refractivity contribution in [1.29, 1.82) is 0 Å². The van der Waals surface area contributed by atoms with E-state index in [-0.39, 0.29) is 0 Å². The van der Waals surface area contributed by atoms with Gasteiger partial charge in [0.1, 0.15) is 18.1 Å². The van der Waals surface area contributed by atoms with Gasteiger partial charge in [-0.05, 0) is 43.0 Å². The van der Waals surface area contributed by atoms with Crippen LogP contribution in [0, 0.1) is 5.92 Å². The Morgan fingerprint density at radius 1 is 1.24 bits per heavy atom. The minimum absolute atomic E-state index is 0.515. The summed E-state index contributed by atoms with van der Waals surface area (Å²) in [5.41, 5.74) is 0. The zero-order valence-corrected chi connectivity index (χ0v) is 14.8. The molecule has 1 atom stereocenters. The summed E-state index contributed by atoms with van der Waals surface area (Å²) in [6, 6.07) is 7.52. The number of nitrogens with one attached hydrogen (secondary N) is 1. The van der Waals surface area contributed by atoms with Gasteiger partial charge in [0.2, 0.25) is 5.95 Å². The van der Waals surface area contributed by atoms with Crippen LogP contribution in [0.1, 0.15) is 19.8 Å². The zero-order valence-electron chi connectivity index (χ0n) is 14.8. The van der Waals surface area contributed by atoms with E-state index < -0.39 is 0 Å². The maximum absolute atomic E-state index is 5.68. The molecule has 7 heteroatoms. The summed E-state index contributed by atoms with van der Waals surface area (Å²) in [5.74, 6) is 3.73. The van der Waals surface area contributed by atoms with Crippen molar-refractivity contribution < 1.29 is 9.47 Å². The molecule has 0 spiro atoms. The molecule has 2 heterocycles. The number of nitrogens with zero attached hydrogens (tertiary/aromatic N) is 4. The second-order valence-corrected chi connectivity index (χ2v) is 6.28. The molecule has 0 radical (unpaired) electrons. The molecular formula is C18H25N5O2. The molecule has 1 saturated heterocycles. The van der Waals surface area contributed by atoms with Gasteiger partial charge in [0.05, 0.1) is 19.9 Å². The van der Waals surface area contributed by atoms with Crippen molar-refractivity contribution in [3.05, 3.63) is 30.5 Å². The molecule has 0 saturated carbocycles. The van der Waals surface area contributed by atoms with Crippen molar-refractivity contribution in [2.45, 2.75) is 19.8 Å². The van der Waals surface area contributed by atoms with Crippen molar-refractivity contribution in [1.82, 2.24) is 15.2 Å². The Kier molecular flexibility index (Phi) is 5.87. The molecule has 1 unspecified atom stereocenters. The van der Waals surface area contributed by atoms with Crippen molar-refractivity contribution in [2.75, 3.05) is 43.6 Å². The molecule has 0 amide bonds. The molecule has 1 aromatic carbocycles. The number of piperidine rings is 1. The maximum Gasteiger partial charge on any atom is 0.244 e. The second kappa shape index (κ2) is 8.50. The first-order chi connectivity index (χ1) is 12.2. The summed E-state index contributed by atoms with van der Waals surface area (Å²) in [5, 5.41) is 11.3. The molecule has 0 aliphatic carbocycles. The molecule has 1 N–H and O–H groups in total. The monoisotopic (exact) mass is 343 g/mol. The summed E-state index contributed by atoms with van der Waals surface area (Å²) >= 11 is 0. The molecule has 1 aliphatic heterocycles. The Morgan fingerprint density at radius 2 is 2.04 bits per heavy atom. The van der Waals surface area contributed by atoms with Gasteiger partial charge in [0.25, 0.3) is 0 Å². The highest BCUT2D eigenvalue weighted by Gasteiger charge is 2.18. The fourth-order valence-corrected chi connectivity index (χ4v) is 2.92. The van der Waals surface area contributed by atoms with Gasteiger partial charge in [-0.1, -0.05) is 6.92 Å². The number of methoxy groups -OCH3 is 1. The number of ether oxygens (including phenoxy) is 2. The number of anilines is 2. The normalized spacial score (nSPS) is 17.2. The first-order valence-corrected chi connectivity index (χ1v) is 8.70. The maximum atomic E-state index is 5.68. The number of rotatable bonds is 7. The van der Waals surface area contributed by atoms with E-state index in [4.69, 9.17) is 9.47 Å². The van der Waals surface area contributed by atoms with E-state index in [1.807, 2.05) is 24.3 Å². The molecule has 25 heavy (non-hydrogen) atoms. The van der Waals surface area contributed by atoms with Gasteiger partial charge >= 0.3 is 0 Å². The average Bonchev–Trinajstić information content (AvgIpc) is 2.66. The molecule has 1 fully saturated rings. The minimum Gasteiger partial charge on any atom is -0.497 e. The lowest BCUT2D eigenvalue weighted by Crippen LogP contribution is -2.35. The fourth-order valence-electron chi connectivity index (χ4n) is 2.92. The van der Waals surface area contributed by atoms with Crippen LogP contribution in [-0.2, 0) is 0 Å². The first-order valence-electron chi connectivity index (χ1n) is 8.70. The molecule has 1 aromatic heterocycles. The SMILES string of the molecule is COc1ccc(OCCNc2nncc(N3CCCC(C)C3)n2)cc1. The van der Waals surface area contributed by atoms with Crippen LogP contribution >= 0.6 is 0 Å². The molecular weight excluding hydrogens is 318 g/mol. The lowest BCUT2D eigenvalue weighted by molar-refractivity contribution is 0.331. The van der Waals surface area contributed by atoms with Crippen molar-refractivity contribution in [3.8, 4) is 11.5 Å². The predicted octanol–water partition coefficient (Wildman–Crippen LogP) is 2.61. The molecule has 3 rings (SSSR count). The van der Waals surface area contributed by atoms with E-state index in [0.29, 0.717) is 25.0 Å². The van der Waals surface area contributed by atoms with Crippen molar-refractivity contribution in [2.24, 2.45) is 5.92 Å². The highest BCUT2D eigenvalue weighted by atomic mass is 16.5. The largest absolute Gasteiger partial charge is 0.497 e. The van der Waals surface area contributed by atoms with E-state index >= 15 is 0 Å². The van der Waals surface area contributed by atoms with E-state index in [2.05, 4.69) is 32.3 Å². The summed E-state index contributed by atoms with van der Waals surface area (Å²) in [6.45, 7) is 5.45. The third-order valence-electron chi connectivity index (χ3n) is 4.24. The van der Waals surface area contributed by atoms with Gasteiger partial charge < -0.3 is 19.7 Å². The van der Waals surface area contributed by atoms with Crippen LogP contribution in [0.25, 0.3) is 0 Å². The summed E-state index contributed by atoms with van der Waals surface area (Å²) < 4.78 is 10.8. The van der Waals surface area contributed by atoms with Crippen LogP contribution in [0.4, 0.5) is 11.8 Å². The highest BCUT2D eigenvalue weighted by molar-refractivity contribution is 5.40. The Labute approximate surface area is 148 Å². The predicted molar refractivity (Wildman–Crippen MR) is 97.4 cm³/mol. The number of benzene rings is 1. The Hall–Kier alpha value is -2.57. The van der Waals surface area contributed by atoms with Crippen molar-refractivity contribution in [3.63, 3.8) is 0 Å². The highest BCUT2D eigenvalue weighted by Crippen LogP contribution is 2.21. The van der Waals surface area contributed by atoms with Gasteiger partial charge in [0, 0.05) is 13.1 Å². The number of hydrogen-bond acceptors (Lipinski definition) is 7. The third-order valence-corrected chi connectivity index (χ3v) is 4.24. The topological polar surface area (TPSA) is 72.4 Å². The second-order valence-electron chi connectivity index (χ2n) is 6.28. The lowest BCUT2D eigenvalue weighted by atomic mass is 10.0. The van der Waals surface area contributed by atoms with E-state index in [0.717, 1.165) is 30.4 Å². The molecule has 134 valence electrons. The summed E-state index contributed by atoms with van der Waals surface area (Å²) in [7, 11) is 1.65. The summed E-state index contributed by atoms with van der Waals surface area (Å²) in [4.78, 5) is 6.85. The molecule has 0 bridgehead atoms. The van der Waals surface area contributed by atoms with Crippen molar-refractivity contribution >= 4 is 11.8 Å². The molecule has 1 aliphatic rings. The zero-order chi connectivity index (χ0) is 17.5. The van der Waals surface area contributed by atoms with Crippen LogP contribution in [0.5, 0.6) is 11.5 Å². The lowest BCUT2D eigenvalue weighted by Gasteiger charge is -2.31. The number of aromatic nitrogens is 3. The van der Waals surface area contributed by atoms with Gasteiger partial charge in [-0.15, -0.1) is 5.10 Å². The minimum atomic E-state index is 0.515. The quantitative estimate of drug-likeness (QED) is 0.775. The number of hydrogen-bond donors (Lipinski definition) is 1. The van der Waals surface area contributed by atoms with E-state index in [1.165, 1.54) is 12.8 Å². The van der Waals surface area contributed by atoms with Crippen LogP contribution in [0.2, 0.25) is 0 Å². The van der Waals surface area contributed by atoms with Crippen LogP contribution < -0.4 is 19.7 Å². The molecule has 7 nitrogen and oxygen atoms in total. The van der Waals surface area contributed by atoms with E-state index in [9.17, 15) is 0 Å².